The van der Waals surface area contributed by atoms with E-state index in [-0.39, 0.29) is 5.92 Å². The van der Waals surface area contributed by atoms with Crippen molar-refractivity contribution in [2.75, 3.05) is 0 Å². The molecule has 1 aromatic heterocycles. The van der Waals surface area contributed by atoms with Gasteiger partial charge in [0.1, 0.15) is 12.7 Å². The van der Waals surface area contributed by atoms with Gasteiger partial charge in [-0.15, -0.1) is 0 Å². The third kappa shape index (κ3) is 3.56. The van der Waals surface area contributed by atoms with Crippen molar-refractivity contribution in [2.24, 2.45) is 5.92 Å². The summed E-state index contributed by atoms with van der Waals surface area (Å²) in [7, 11) is 0. The predicted octanol–water partition coefficient (Wildman–Crippen LogP) is 2.00. The highest BCUT2D eigenvalue weighted by Crippen LogP contribution is 2.10. The van der Waals surface area contributed by atoms with Gasteiger partial charge >= 0.3 is 0 Å². The number of hydrogen-bond acceptors (Lipinski definition) is 3. The van der Waals surface area contributed by atoms with E-state index in [1.54, 1.807) is 11.0 Å². The first kappa shape index (κ1) is 10.7. The number of rotatable bonds is 6. The van der Waals surface area contributed by atoms with E-state index in [0.717, 1.165) is 12.8 Å². The van der Waals surface area contributed by atoms with Crippen LogP contribution in [0.5, 0.6) is 0 Å². The first-order valence-corrected chi connectivity index (χ1v) is 5.08. The second-order valence-corrected chi connectivity index (χ2v) is 3.44. The molecule has 0 aliphatic carbocycles. The summed E-state index contributed by atoms with van der Waals surface area (Å²) in [4.78, 5) is 3.85. The molecular weight excluding hydrogens is 176 g/mol. The maximum absolute atomic E-state index is 8.91. The van der Waals surface area contributed by atoms with E-state index < -0.39 is 0 Å². The van der Waals surface area contributed by atoms with E-state index >= 15 is 0 Å². The minimum atomic E-state index is 0.0725. The van der Waals surface area contributed by atoms with E-state index in [1.165, 1.54) is 19.2 Å². The summed E-state index contributed by atoms with van der Waals surface area (Å²) in [6.07, 6.45) is 7.65. The molecule has 0 saturated heterocycles. The summed E-state index contributed by atoms with van der Waals surface area (Å²) in [6.45, 7) is 2.83. The SMILES string of the molecule is CCCCCC(C#N)Cn1cncn1. The minimum Gasteiger partial charge on any atom is -0.252 e. The van der Waals surface area contributed by atoms with Crippen molar-refractivity contribution in [2.45, 2.75) is 39.2 Å². The molecule has 0 amide bonds. The molecule has 1 rings (SSSR count). The van der Waals surface area contributed by atoms with Gasteiger partial charge < -0.3 is 0 Å². The smallest absolute Gasteiger partial charge is 0.137 e. The molecule has 0 aliphatic heterocycles. The van der Waals surface area contributed by atoms with Crippen LogP contribution in [0, 0.1) is 17.2 Å². The van der Waals surface area contributed by atoms with E-state index in [0.29, 0.717) is 6.54 Å². The van der Waals surface area contributed by atoms with Crippen molar-refractivity contribution in [3.8, 4) is 6.07 Å². The lowest BCUT2D eigenvalue weighted by Crippen LogP contribution is -2.09. The van der Waals surface area contributed by atoms with Gasteiger partial charge in [-0.2, -0.15) is 10.4 Å². The van der Waals surface area contributed by atoms with Gasteiger partial charge in [0.2, 0.25) is 0 Å². The number of unbranched alkanes of at least 4 members (excludes halogenated alkanes) is 2. The molecule has 0 N–H and O–H groups in total. The average molecular weight is 192 g/mol. The van der Waals surface area contributed by atoms with E-state index in [1.807, 2.05) is 0 Å². The summed E-state index contributed by atoms with van der Waals surface area (Å²) in [5, 5.41) is 12.9. The lowest BCUT2D eigenvalue weighted by atomic mass is 10.0. The molecule has 0 bridgehead atoms. The van der Waals surface area contributed by atoms with Crippen LogP contribution >= 0.6 is 0 Å². The lowest BCUT2D eigenvalue weighted by molar-refractivity contribution is 0.452. The van der Waals surface area contributed by atoms with Gasteiger partial charge in [0.15, 0.2) is 0 Å². The molecule has 0 saturated carbocycles. The van der Waals surface area contributed by atoms with Crippen LogP contribution in [0.15, 0.2) is 12.7 Å². The Morgan fingerprint density at radius 1 is 1.50 bits per heavy atom. The molecule has 1 aromatic rings. The van der Waals surface area contributed by atoms with E-state index in [4.69, 9.17) is 5.26 Å². The Hall–Kier alpha value is -1.37. The molecule has 76 valence electrons. The highest BCUT2D eigenvalue weighted by atomic mass is 15.3. The zero-order valence-electron chi connectivity index (χ0n) is 8.56. The van der Waals surface area contributed by atoms with Crippen LogP contribution < -0.4 is 0 Å². The molecule has 0 fully saturated rings. The van der Waals surface area contributed by atoms with Crippen LogP contribution in [-0.4, -0.2) is 14.8 Å². The summed E-state index contributed by atoms with van der Waals surface area (Å²) in [6, 6.07) is 2.31. The van der Waals surface area contributed by atoms with E-state index in [9.17, 15) is 0 Å². The Labute approximate surface area is 84.6 Å². The fourth-order valence-corrected chi connectivity index (χ4v) is 1.39. The second kappa shape index (κ2) is 6.14. The third-order valence-electron chi connectivity index (χ3n) is 2.21. The molecule has 0 radical (unpaired) electrons. The normalized spacial score (nSPS) is 12.3. The maximum atomic E-state index is 8.91. The Kier molecular flexibility index (Phi) is 4.70. The fourth-order valence-electron chi connectivity index (χ4n) is 1.39. The molecule has 1 heterocycles. The van der Waals surface area contributed by atoms with Crippen molar-refractivity contribution < 1.29 is 0 Å². The van der Waals surface area contributed by atoms with Crippen molar-refractivity contribution in [1.82, 2.24) is 14.8 Å². The summed E-state index contributed by atoms with van der Waals surface area (Å²) in [5.41, 5.74) is 0. The topological polar surface area (TPSA) is 54.5 Å². The summed E-state index contributed by atoms with van der Waals surface area (Å²) in [5.74, 6) is 0.0725. The number of hydrogen-bond donors (Lipinski definition) is 0. The lowest BCUT2D eigenvalue weighted by Gasteiger charge is -2.07. The predicted molar refractivity (Wildman–Crippen MR) is 53.3 cm³/mol. The second-order valence-electron chi connectivity index (χ2n) is 3.44. The van der Waals surface area contributed by atoms with Crippen molar-refractivity contribution in [1.29, 1.82) is 5.26 Å². The van der Waals surface area contributed by atoms with Crippen LogP contribution in [0.25, 0.3) is 0 Å². The molecule has 1 unspecified atom stereocenters. The maximum Gasteiger partial charge on any atom is 0.137 e. The largest absolute Gasteiger partial charge is 0.252 e. The zero-order chi connectivity index (χ0) is 10.2. The fraction of sp³-hybridized carbons (Fsp3) is 0.700. The number of nitrogens with zero attached hydrogens (tertiary/aromatic N) is 4. The first-order chi connectivity index (χ1) is 6.86. The van der Waals surface area contributed by atoms with Crippen LogP contribution in [0.4, 0.5) is 0 Å². The summed E-state index contributed by atoms with van der Waals surface area (Å²) >= 11 is 0. The van der Waals surface area contributed by atoms with Gasteiger partial charge in [0, 0.05) is 0 Å². The summed E-state index contributed by atoms with van der Waals surface area (Å²) < 4.78 is 1.72. The van der Waals surface area contributed by atoms with Crippen molar-refractivity contribution >= 4 is 0 Å². The van der Waals surface area contributed by atoms with Gasteiger partial charge in [-0.3, -0.25) is 4.68 Å². The molecule has 4 nitrogen and oxygen atoms in total. The zero-order valence-corrected chi connectivity index (χ0v) is 8.56. The number of aromatic nitrogens is 3. The Morgan fingerprint density at radius 2 is 2.36 bits per heavy atom. The molecule has 14 heavy (non-hydrogen) atoms. The van der Waals surface area contributed by atoms with Gasteiger partial charge in [-0.05, 0) is 6.42 Å². The highest BCUT2D eigenvalue weighted by molar-refractivity contribution is 4.82. The van der Waals surface area contributed by atoms with Crippen LogP contribution in [-0.2, 0) is 6.54 Å². The van der Waals surface area contributed by atoms with Gasteiger partial charge in [-0.1, -0.05) is 26.2 Å². The van der Waals surface area contributed by atoms with Crippen LogP contribution in [0.3, 0.4) is 0 Å². The minimum absolute atomic E-state index is 0.0725. The Bertz CT molecular complexity index is 273. The first-order valence-electron chi connectivity index (χ1n) is 5.08. The van der Waals surface area contributed by atoms with Crippen LogP contribution in [0.2, 0.25) is 0 Å². The molecular formula is C10H16N4. The molecule has 0 aliphatic rings. The van der Waals surface area contributed by atoms with E-state index in [2.05, 4.69) is 23.1 Å². The molecule has 4 heteroatoms. The Morgan fingerprint density at radius 3 is 2.93 bits per heavy atom. The third-order valence-corrected chi connectivity index (χ3v) is 2.21. The van der Waals surface area contributed by atoms with Crippen molar-refractivity contribution in [3.63, 3.8) is 0 Å². The highest BCUT2D eigenvalue weighted by Gasteiger charge is 2.07. The molecule has 1 atom stereocenters. The molecule has 0 spiro atoms. The van der Waals surface area contributed by atoms with Gasteiger partial charge in [0.25, 0.3) is 0 Å². The quantitative estimate of drug-likeness (QED) is 0.648. The Balaban J connectivity index is 2.29. The van der Waals surface area contributed by atoms with Crippen molar-refractivity contribution in [3.05, 3.63) is 12.7 Å². The monoisotopic (exact) mass is 192 g/mol. The molecule has 0 aromatic carbocycles. The van der Waals surface area contributed by atoms with Gasteiger partial charge in [-0.25, -0.2) is 4.98 Å². The van der Waals surface area contributed by atoms with Crippen LogP contribution in [0.1, 0.15) is 32.6 Å². The average Bonchev–Trinajstić information content (AvgIpc) is 2.69. The van der Waals surface area contributed by atoms with Gasteiger partial charge in [0.05, 0.1) is 18.5 Å². The number of nitriles is 1. The standard InChI is InChI=1S/C10H16N4/c1-2-3-4-5-10(6-11)7-14-9-12-8-13-14/h8-10H,2-5,7H2,1H3.